The third-order valence-corrected chi connectivity index (χ3v) is 3.52. The van der Waals surface area contributed by atoms with Gasteiger partial charge in [0.05, 0.1) is 12.7 Å². The largest absolute Gasteiger partial charge is 0.465 e. The molecule has 0 aromatic heterocycles. The number of ether oxygens (including phenoxy) is 1. The quantitative estimate of drug-likeness (QED) is 0.773. The third kappa shape index (κ3) is 2.70. The van der Waals surface area contributed by atoms with Crippen molar-refractivity contribution in [3.63, 3.8) is 0 Å². The van der Waals surface area contributed by atoms with Gasteiger partial charge < -0.3 is 4.74 Å². The van der Waals surface area contributed by atoms with Crippen molar-refractivity contribution in [2.45, 2.75) is 32.4 Å². The summed E-state index contributed by atoms with van der Waals surface area (Å²) in [5, 5.41) is 0. The van der Waals surface area contributed by atoms with Gasteiger partial charge in [0.2, 0.25) is 0 Å². The van der Waals surface area contributed by atoms with Crippen LogP contribution >= 0.6 is 0 Å². The van der Waals surface area contributed by atoms with E-state index in [-0.39, 0.29) is 5.56 Å². The lowest BCUT2D eigenvalue weighted by Gasteiger charge is -2.21. The summed E-state index contributed by atoms with van der Waals surface area (Å²) in [4.78, 5) is 13.6. The van der Waals surface area contributed by atoms with Crippen LogP contribution < -0.4 is 0 Å². The van der Waals surface area contributed by atoms with Gasteiger partial charge in [0.15, 0.2) is 0 Å². The molecule has 1 aromatic rings. The SMILES string of the molecule is COC(=O)c1ccc(CN2CCCC2C)cc1F. The minimum absolute atomic E-state index is 0.00396. The number of nitrogens with zero attached hydrogens (tertiary/aromatic N) is 1. The van der Waals surface area contributed by atoms with Crippen molar-refractivity contribution in [1.82, 2.24) is 4.90 Å². The van der Waals surface area contributed by atoms with E-state index < -0.39 is 11.8 Å². The van der Waals surface area contributed by atoms with E-state index in [0.29, 0.717) is 6.04 Å². The Bertz CT molecular complexity index is 447. The zero-order valence-electron chi connectivity index (χ0n) is 10.8. The van der Waals surface area contributed by atoms with Gasteiger partial charge in [-0.1, -0.05) is 6.07 Å². The Kier molecular flexibility index (Phi) is 3.97. The molecule has 2 rings (SSSR count). The lowest BCUT2D eigenvalue weighted by Crippen LogP contribution is -2.26. The van der Waals surface area contributed by atoms with E-state index in [1.165, 1.54) is 32.1 Å². The first-order valence-corrected chi connectivity index (χ1v) is 6.22. The van der Waals surface area contributed by atoms with Crippen LogP contribution in [0.1, 0.15) is 35.7 Å². The van der Waals surface area contributed by atoms with Gasteiger partial charge in [-0.15, -0.1) is 0 Å². The molecule has 4 heteroatoms. The summed E-state index contributed by atoms with van der Waals surface area (Å²) < 4.78 is 18.3. The molecule has 1 saturated heterocycles. The molecule has 0 saturated carbocycles. The van der Waals surface area contributed by atoms with E-state index in [0.717, 1.165) is 18.7 Å². The number of halogens is 1. The van der Waals surface area contributed by atoms with Gasteiger partial charge in [-0.25, -0.2) is 9.18 Å². The molecule has 0 bridgehead atoms. The molecule has 0 N–H and O–H groups in total. The van der Waals surface area contributed by atoms with Gasteiger partial charge >= 0.3 is 5.97 Å². The van der Waals surface area contributed by atoms with Gasteiger partial charge in [-0.05, 0) is 44.0 Å². The van der Waals surface area contributed by atoms with Crippen LogP contribution in [-0.4, -0.2) is 30.6 Å². The van der Waals surface area contributed by atoms with E-state index in [2.05, 4.69) is 16.6 Å². The minimum atomic E-state index is -0.631. The smallest absolute Gasteiger partial charge is 0.340 e. The maximum atomic E-state index is 13.7. The molecule has 1 heterocycles. The number of benzene rings is 1. The Morgan fingerprint density at radius 2 is 2.33 bits per heavy atom. The van der Waals surface area contributed by atoms with Crippen LogP contribution in [-0.2, 0) is 11.3 Å². The van der Waals surface area contributed by atoms with E-state index in [1.807, 2.05) is 0 Å². The van der Waals surface area contributed by atoms with E-state index in [4.69, 9.17) is 0 Å². The Balaban J connectivity index is 2.11. The lowest BCUT2D eigenvalue weighted by molar-refractivity contribution is 0.0595. The predicted octanol–water partition coefficient (Wildman–Crippen LogP) is 2.60. The first-order valence-electron chi connectivity index (χ1n) is 6.22. The first kappa shape index (κ1) is 13.0. The molecular weight excluding hydrogens is 233 g/mol. The molecule has 1 fully saturated rings. The molecule has 3 nitrogen and oxygen atoms in total. The molecule has 1 unspecified atom stereocenters. The Hall–Kier alpha value is -1.42. The zero-order chi connectivity index (χ0) is 13.1. The van der Waals surface area contributed by atoms with Crippen molar-refractivity contribution >= 4 is 5.97 Å². The highest BCUT2D eigenvalue weighted by molar-refractivity contribution is 5.89. The number of methoxy groups -OCH3 is 1. The van der Waals surface area contributed by atoms with Crippen LogP contribution in [0.2, 0.25) is 0 Å². The van der Waals surface area contributed by atoms with E-state index >= 15 is 0 Å². The number of hydrogen-bond donors (Lipinski definition) is 0. The topological polar surface area (TPSA) is 29.5 Å². The number of rotatable bonds is 3. The highest BCUT2D eigenvalue weighted by Crippen LogP contribution is 2.20. The fourth-order valence-corrected chi connectivity index (χ4v) is 2.39. The van der Waals surface area contributed by atoms with Gasteiger partial charge in [-0.3, -0.25) is 4.90 Å². The molecule has 1 aromatic carbocycles. The number of carbonyl (C=O) groups is 1. The molecule has 1 atom stereocenters. The van der Waals surface area contributed by atoms with Crippen molar-refractivity contribution in [2.75, 3.05) is 13.7 Å². The summed E-state index contributed by atoms with van der Waals surface area (Å²) in [5.74, 6) is -1.14. The van der Waals surface area contributed by atoms with Gasteiger partial charge in [0.1, 0.15) is 5.82 Å². The molecule has 0 radical (unpaired) electrons. The van der Waals surface area contributed by atoms with Crippen LogP contribution in [0.15, 0.2) is 18.2 Å². The summed E-state index contributed by atoms with van der Waals surface area (Å²) >= 11 is 0. The van der Waals surface area contributed by atoms with Crippen LogP contribution in [0.5, 0.6) is 0 Å². The molecule has 0 amide bonds. The monoisotopic (exact) mass is 251 g/mol. The summed E-state index contributed by atoms with van der Waals surface area (Å²) in [7, 11) is 1.25. The fourth-order valence-electron chi connectivity index (χ4n) is 2.39. The standard InChI is InChI=1S/C14H18FNO2/c1-10-4-3-7-16(10)9-11-5-6-12(13(15)8-11)14(17)18-2/h5-6,8,10H,3-4,7,9H2,1-2H3. The average molecular weight is 251 g/mol. The van der Waals surface area contributed by atoms with Crippen molar-refractivity contribution in [3.8, 4) is 0 Å². The molecule has 0 aliphatic carbocycles. The Morgan fingerprint density at radius 1 is 1.56 bits per heavy atom. The fraction of sp³-hybridized carbons (Fsp3) is 0.500. The number of carbonyl (C=O) groups excluding carboxylic acids is 1. The summed E-state index contributed by atoms with van der Waals surface area (Å²) in [6, 6.07) is 5.27. The Morgan fingerprint density at radius 3 is 2.89 bits per heavy atom. The van der Waals surface area contributed by atoms with Crippen molar-refractivity contribution in [2.24, 2.45) is 0 Å². The second-order valence-electron chi connectivity index (χ2n) is 4.77. The van der Waals surface area contributed by atoms with Crippen LogP contribution in [0.4, 0.5) is 4.39 Å². The van der Waals surface area contributed by atoms with Crippen molar-refractivity contribution in [1.29, 1.82) is 0 Å². The summed E-state index contributed by atoms with van der Waals surface area (Å²) in [6.07, 6.45) is 2.40. The van der Waals surface area contributed by atoms with E-state index in [1.54, 1.807) is 6.07 Å². The molecule has 1 aliphatic rings. The molecule has 98 valence electrons. The lowest BCUT2D eigenvalue weighted by atomic mass is 10.1. The van der Waals surface area contributed by atoms with Gasteiger partial charge in [0, 0.05) is 12.6 Å². The van der Waals surface area contributed by atoms with E-state index in [9.17, 15) is 9.18 Å². The highest BCUT2D eigenvalue weighted by Gasteiger charge is 2.20. The van der Waals surface area contributed by atoms with Crippen molar-refractivity contribution < 1.29 is 13.9 Å². The molecule has 0 spiro atoms. The number of hydrogen-bond acceptors (Lipinski definition) is 3. The maximum Gasteiger partial charge on any atom is 0.340 e. The normalized spacial score (nSPS) is 20.1. The number of likely N-dealkylation sites (tertiary alicyclic amines) is 1. The number of esters is 1. The van der Waals surface area contributed by atoms with Gasteiger partial charge in [-0.2, -0.15) is 0 Å². The minimum Gasteiger partial charge on any atom is -0.465 e. The zero-order valence-corrected chi connectivity index (χ0v) is 10.8. The molecular formula is C14H18FNO2. The predicted molar refractivity (Wildman–Crippen MR) is 66.8 cm³/mol. The molecule has 1 aliphatic heterocycles. The van der Waals surface area contributed by atoms with Crippen LogP contribution in [0.3, 0.4) is 0 Å². The summed E-state index contributed by atoms with van der Waals surface area (Å²) in [6.45, 7) is 3.98. The first-order chi connectivity index (χ1) is 8.61. The second-order valence-corrected chi connectivity index (χ2v) is 4.77. The van der Waals surface area contributed by atoms with Gasteiger partial charge in [0.25, 0.3) is 0 Å². The highest BCUT2D eigenvalue weighted by atomic mass is 19.1. The summed E-state index contributed by atoms with van der Waals surface area (Å²) in [5.41, 5.74) is 0.893. The second kappa shape index (κ2) is 5.48. The van der Waals surface area contributed by atoms with Crippen molar-refractivity contribution in [3.05, 3.63) is 35.1 Å². The average Bonchev–Trinajstić information content (AvgIpc) is 2.74. The van der Waals surface area contributed by atoms with Crippen LogP contribution in [0, 0.1) is 5.82 Å². The van der Waals surface area contributed by atoms with Crippen LogP contribution in [0.25, 0.3) is 0 Å². The third-order valence-electron chi connectivity index (χ3n) is 3.52. The Labute approximate surface area is 107 Å². The molecule has 18 heavy (non-hydrogen) atoms. The maximum absolute atomic E-state index is 13.7.